The molecule has 0 bridgehead atoms. The maximum absolute atomic E-state index is 4.17. The fraction of sp³-hybridized carbons (Fsp3) is 0.400. The molecule has 1 atom stereocenters. The number of rotatable bonds is 6. The summed E-state index contributed by atoms with van der Waals surface area (Å²) < 4.78 is 2.24. The van der Waals surface area contributed by atoms with Gasteiger partial charge >= 0.3 is 0 Å². The molecule has 0 radical (unpaired) electrons. The molecule has 2 aromatic rings. The molecule has 1 aromatic heterocycles. The molecule has 0 aliphatic carbocycles. The Morgan fingerprint density at radius 3 is 2.61 bits per heavy atom. The lowest BCUT2D eigenvalue weighted by Gasteiger charge is -2.28. The maximum Gasteiger partial charge on any atom is 0.105 e. The monoisotopic (exact) mass is 258 g/mol. The average Bonchev–Trinajstić information content (AvgIpc) is 2.90. The third-order valence-corrected chi connectivity index (χ3v) is 7.89. The Hall–Kier alpha value is -1.35. The van der Waals surface area contributed by atoms with Gasteiger partial charge in [0.05, 0.1) is 6.33 Å². The predicted molar refractivity (Wildman–Crippen MR) is 79.6 cm³/mol. The van der Waals surface area contributed by atoms with Crippen LogP contribution >= 0.6 is 0 Å². The van der Waals surface area contributed by atoms with Crippen LogP contribution in [-0.2, 0) is 6.17 Å². The second-order valence-corrected chi connectivity index (χ2v) is 9.78. The predicted octanol–water partition coefficient (Wildman–Crippen LogP) is 3.21. The van der Waals surface area contributed by atoms with E-state index in [2.05, 4.69) is 59.6 Å². The standard InChI is InChI=1S/C15H22N2Si/c1-3-4-12-18(2,14-17-11-10-16-13-17)15-8-6-5-7-9-15/h5-11,13H,3-4,12,14H2,1-2H3. The van der Waals surface area contributed by atoms with Gasteiger partial charge in [-0.15, -0.1) is 0 Å². The van der Waals surface area contributed by atoms with E-state index in [1.807, 2.05) is 12.5 Å². The van der Waals surface area contributed by atoms with Crippen molar-refractivity contribution in [3.8, 4) is 0 Å². The normalized spacial score (nSPS) is 14.3. The highest BCUT2D eigenvalue weighted by molar-refractivity contribution is 6.89. The SMILES string of the molecule is CCCC[Si](C)(Cn1ccnc1)c1ccccc1. The summed E-state index contributed by atoms with van der Waals surface area (Å²) >= 11 is 0. The molecule has 0 saturated heterocycles. The third-order valence-electron chi connectivity index (χ3n) is 3.64. The molecule has 2 nitrogen and oxygen atoms in total. The Labute approximate surface area is 111 Å². The summed E-state index contributed by atoms with van der Waals surface area (Å²) in [5.41, 5.74) is 0. The van der Waals surface area contributed by atoms with Gasteiger partial charge in [-0.1, -0.05) is 67.9 Å². The van der Waals surface area contributed by atoms with Crippen LogP contribution in [0.4, 0.5) is 0 Å². The molecule has 96 valence electrons. The second kappa shape index (κ2) is 6.00. The summed E-state index contributed by atoms with van der Waals surface area (Å²) in [6.45, 7) is 4.77. The fourth-order valence-electron chi connectivity index (χ4n) is 2.51. The highest BCUT2D eigenvalue weighted by atomic mass is 28.3. The summed E-state index contributed by atoms with van der Waals surface area (Å²) in [7, 11) is -1.43. The van der Waals surface area contributed by atoms with Crippen molar-refractivity contribution in [2.75, 3.05) is 0 Å². The smallest absolute Gasteiger partial charge is 0.105 e. The summed E-state index contributed by atoms with van der Waals surface area (Å²) in [5, 5.41) is 1.56. The zero-order valence-corrected chi connectivity index (χ0v) is 12.3. The molecule has 0 spiro atoms. The summed E-state index contributed by atoms with van der Waals surface area (Å²) in [5.74, 6) is 0. The van der Waals surface area contributed by atoms with E-state index in [0.29, 0.717) is 0 Å². The van der Waals surface area contributed by atoms with Crippen molar-refractivity contribution in [3.05, 3.63) is 49.1 Å². The van der Waals surface area contributed by atoms with E-state index in [4.69, 9.17) is 0 Å². The molecular weight excluding hydrogens is 236 g/mol. The topological polar surface area (TPSA) is 17.8 Å². The van der Waals surface area contributed by atoms with Gasteiger partial charge in [0.25, 0.3) is 0 Å². The number of imidazole rings is 1. The van der Waals surface area contributed by atoms with Gasteiger partial charge in [-0.2, -0.15) is 0 Å². The van der Waals surface area contributed by atoms with E-state index in [1.165, 1.54) is 18.9 Å². The van der Waals surface area contributed by atoms with Crippen LogP contribution in [0.3, 0.4) is 0 Å². The van der Waals surface area contributed by atoms with Crippen LogP contribution in [0.5, 0.6) is 0 Å². The molecule has 1 heterocycles. The molecule has 0 aliphatic rings. The first-order valence-electron chi connectivity index (χ1n) is 6.76. The highest BCUT2D eigenvalue weighted by Crippen LogP contribution is 2.16. The van der Waals surface area contributed by atoms with E-state index >= 15 is 0 Å². The lowest BCUT2D eigenvalue weighted by molar-refractivity contribution is 0.814. The molecule has 0 fully saturated rings. The number of unbranched alkanes of at least 4 members (excludes halogenated alkanes) is 1. The van der Waals surface area contributed by atoms with E-state index in [-0.39, 0.29) is 0 Å². The Kier molecular flexibility index (Phi) is 4.36. The lowest BCUT2D eigenvalue weighted by atomic mass is 10.4. The molecule has 1 aromatic carbocycles. The molecule has 0 N–H and O–H groups in total. The Morgan fingerprint density at radius 1 is 1.22 bits per heavy atom. The Morgan fingerprint density at radius 2 is 2.00 bits per heavy atom. The molecule has 18 heavy (non-hydrogen) atoms. The van der Waals surface area contributed by atoms with Crippen molar-refractivity contribution in [3.63, 3.8) is 0 Å². The zero-order chi connectivity index (χ0) is 12.8. The maximum atomic E-state index is 4.17. The van der Waals surface area contributed by atoms with E-state index in [1.54, 1.807) is 5.19 Å². The first-order valence-corrected chi connectivity index (χ1v) is 9.67. The molecule has 3 heteroatoms. The van der Waals surface area contributed by atoms with Gasteiger partial charge in [0.2, 0.25) is 0 Å². The first kappa shape index (κ1) is 13.1. The quantitative estimate of drug-likeness (QED) is 0.728. The van der Waals surface area contributed by atoms with Crippen molar-refractivity contribution in [1.29, 1.82) is 0 Å². The van der Waals surface area contributed by atoms with Gasteiger partial charge in [0, 0.05) is 18.6 Å². The van der Waals surface area contributed by atoms with Crippen molar-refractivity contribution in [2.45, 2.75) is 38.5 Å². The summed E-state index contributed by atoms with van der Waals surface area (Å²) in [6.07, 6.45) is 9.64. The van der Waals surface area contributed by atoms with Crippen molar-refractivity contribution in [2.24, 2.45) is 0 Å². The summed E-state index contributed by atoms with van der Waals surface area (Å²) in [6, 6.07) is 12.4. The molecular formula is C15H22N2Si. The Balaban J connectivity index is 2.22. The minimum Gasteiger partial charge on any atom is -0.340 e. The number of hydrogen-bond acceptors (Lipinski definition) is 1. The molecule has 0 amide bonds. The number of nitrogens with zero attached hydrogens (tertiary/aromatic N) is 2. The van der Waals surface area contributed by atoms with Crippen LogP contribution in [0.25, 0.3) is 0 Å². The third kappa shape index (κ3) is 3.10. The van der Waals surface area contributed by atoms with E-state index in [0.717, 1.165) is 6.17 Å². The largest absolute Gasteiger partial charge is 0.340 e. The van der Waals surface area contributed by atoms with Gasteiger partial charge < -0.3 is 4.57 Å². The van der Waals surface area contributed by atoms with Crippen LogP contribution in [0.15, 0.2) is 49.1 Å². The lowest BCUT2D eigenvalue weighted by Crippen LogP contribution is -2.48. The van der Waals surface area contributed by atoms with Crippen molar-refractivity contribution in [1.82, 2.24) is 9.55 Å². The van der Waals surface area contributed by atoms with Crippen LogP contribution in [0, 0.1) is 0 Å². The number of benzene rings is 1. The van der Waals surface area contributed by atoms with Crippen molar-refractivity contribution < 1.29 is 0 Å². The van der Waals surface area contributed by atoms with E-state index in [9.17, 15) is 0 Å². The van der Waals surface area contributed by atoms with Crippen LogP contribution < -0.4 is 5.19 Å². The number of aromatic nitrogens is 2. The number of hydrogen-bond donors (Lipinski definition) is 0. The molecule has 0 saturated carbocycles. The zero-order valence-electron chi connectivity index (χ0n) is 11.3. The minimum absolute atomic E-state index is 1.14. The van der Waals surface area contributed by atoms with Crippen LogP contribution in [0.2, 0.25) is 12.6 Å². The van der Waals surface area contributed by atoms with E-state index < -0.39 is 8.07 Å². The summed E-state index contributed by atoms with van der Waals surface area (Å²) in [4.78, 5) is 4.17. The highest BCUT2D eigenvalue weighted by Gasteiger charge is 2.29. The molecule has 1 unspecified atom stereocenters. The van der Waals surface area contributed by atoms with Crippen molar-refractivity contribution >= 4 is 13.3 Å². The van der Waals surface area contributed by atoms with Crippen LogP contribution in [0.1, 0.15) is 19.8 Å². The van der Waals surface area contributed by atoms with Gasteiger partial charge in [-0.05, 0) is 0 Å². The minimum atomic E-state index is -1.43. The van der Waals surface area contributed by atoms with Gasteiger partial charge in [0.1, 0.15) is 8.07 Å². The first-order chi connectivity index (χ1) is 8.74. The van der Waals surface area contributed by atoms with Gasteiger partial charge in [0.15, 0.2) is 0 Å². The molecule has 2 rings (SSSR count). The molecule has 0 aliphatic heterocycles. The fourth-order valence-corrected chi connectivity index (χ4v) is 6.26. The second-order valence-electron chi connectivity index (χ2n) is 5.27. The van der Waals surface area contributed by atoms with Gasteiger partial charge in [-0.25, -0.2) is 4.98 Å². The van der Waals surface area contributed by atoms with Crippen LogP contribution in [-0.4, -0.2) is 17.6 Å². The van der Waals surface area contributed by atoms with Gasteiger partial charge in [-0.3, -0.25) is 0 Å². The average molecular weight is 258 g/mol. The Bertz CT molecular complexity index is 453.